The Morgan fingerprint density at radius 1 is 0.880 bits per heavy atom. The van der Waals surface area contributed by atoms with E-state index in [1.807, 2.05) is 0 Å². The van der Waals surface area contributed by atoms with Crippen molar-refractivity contribution in [2.24, 2.45) is 0 Å². The van der Waals surface area contributed by atoms with Crippen molar-refractivity contribution >= 4 is 14.4 Å². The van der Waals surface area contributed by atoms with Gasteiger partial charge in [0.15, 0.2) is 8.32 Å². The third-order valence-electron chi connectivity index (χ3n) is 4.57. The highest BCUT2D eigenvalue weighted by atomic mass is 28.4. The highest BCUT2D eigenvalue weighted by Gasteiger charge is 2.74. The largest absolute Gasteiger partial charge is 0.429 e. The van der Waals surface area contributed by atoms with Crippen LogP contribution in [0.3, 0.4) is 0 Å². The molecule has 0 unspecified atom stereocenters. The van der Waals surface area contributed by atoms with E-state index in [-0.39, 0.29) is 0 Å². The lowest BCUT2D eigenvalue weighted by Gasteiger charge is -2.46. The van der Waals surface area contributed by atoms with E-state index in [9.17, 15) is 26.3 Å². The Morgan fingerprint density at radius 2 is 1.28 bits per heavy atom. The van der Waals surface area contributed by atoms with E-state index in [4.69, 9.17) is 4.43 Å². The minimum absolute atomic E-state index is 0.411. The van der Waals surface area contributed by atoms with E-state index in [1.54, 1.807) is 20.8 Å². The molecule has 0 heterocycles. The van der Waals surface area contributed by atoms with Gasteiger partial charge < -0.3 is 4.43 Å². The van der Waals surface area contributed by atoms with E-state index < -0.39 is 36.9 Å². The summed E-state index contributed by atoms with van der Waals surface area (Å²) in [5.41, 5.74) is -4.94. The van der Waals surface area contributed by atoms with E-state index in [1.165, 1.54) is 19.2 Å². The lowest BCUT2D eigenvalue weighted by atomic mass is 9.91. The second-order valence-corrected chi connectivity index (χ2v) is 12.1. The lowest BCUT2D eigenvalue weighted by Crippen LogP contribution is -2.62. The van der Waals surface area contributed by atoms with Crippen molar-refractivity contribution < 1.29 is 30.8 Å². The SMILES string of the molecule is C=Cc1ccc(C(O[Si](C)(C)C(C)(C)C)(C(F)(F)F)C(F)(F)F)cc1. The van der Waals surface area contributed by atoms with E-state index in [0.29, 0.717) is 5.56 Å². The van der Waals surface area contributed by atoms with Gasteiger partial charge >= 0.3 is 12.4 Å². The summed E-state index contributed by atoms with van der Waals surface area (Å²) >= 11 is 0. The van der Waals surface area contributed by atoms with Gasteiger partial charge in [0.05, 0.1) is 0 Å². The zero-order valence-corrected chi connectivity index (χ0v) is 15.8. The van der Waals surface area contributed by atoms with Crippen molar-refractivity contribution in [1.82, 2.24) is 0 Å². The number of halogens is 6. The monoisotopic (exact) mass is 384 g/mol. The van der Waals surface area contributed by atoms with Crippen molar-refractivity contribution in [2.75, 3.05) is 0 Å². The van der Waals surface area contributed by atoms with Crippen molar-refractivity contribution in [1.29, 1.82) is 0 Å². The van der Waals surface area contributed by atoms with Crippen LogP contribution in [0.4, 0.5) is 26.3 Å². The smallest absolute Gasteiger partial charge is 0.393 e. The Balaban J connectivity index is 3.73. The molecule has 0 saturated heterocycles. The average molecular weight is 384 g/mol. The summed E-state index contributed by atoms with van der Waals surface area (Å²) in [4.78, 5) is 0. The molecule has 142 valence electrons. The molecule has 0 radical (unpaired) electrons. The van der Waals surface area contributed by atoms with Crippen LogP contribution in [-0.2, 0) is 10.0 Å². The van der Waals surface area contributed by atoms with Crippen LogP contribution in [0.15, 0.2) is 30.8 Å². The van der Waals surface area contributed by atoms with Crippen molar-refractivity contribution in [3.05, 3.63) is 42.0 Å². The third-order valence-corrected chi connectivity index (χ3v) is 8.99. The van der Waals surface area contributed by atoms with E-state index in [2.05, 4.69) is 6.58 Å². The van der Waals surface area contributed by atoms with Gasteiger partial charge in [-0.2, -0.15) is 26.3 Å². The number of hydrogen-bond donors (Lipinski definition) is 0. The molecule has 25 heavy (non-hydrogen) atoms. The van der Waals surface area contributed by atoms with E-state index in [0.717, 1.165) is 24.3 Å². The summed E-state index contributed by atoms with van der Waals surface area (Å²) in [7, 11) is -3.42. The first kappa shape index (κ1) is 21.8. The summed E-state index contributed by atoms with van der Waals surface area (Å²) in [5, 5.41) is -0.837. The van der Waals surface area contributed by atoms with Gasteiger partial charge in [-0.1, -0.05) is 57.7 Å². The predicted octanol–water partition coefficient (Wildman–Crippen LogP) is 6.67. The zero-order chi connectivity index (χ0) is 19.9. The highest BCUT2D eigenvalue weighted by Crippen LogP contribution is 2.56. The molecule has 0 aliphatic heterocycles. The average Bonchev–Trinajstić information content (AvgIpc) is 2.41. The molecule has 0 aliphatic carbocycles. The van der Waals surface area contributed by atoms with Gasteiger partial charge in [-0.15, -0.1) is 0 Å². The van der Waals surface area contributed by atoms with Crippen LogP contribution in [0.5, 0.6) is 0 Å². The standard InChI is InChI=1S/C17H22F6OSi/c1-7-12-8-10-13(11-9-12)15(16(18,19)20,17(21,22)23)24-25(5,6)14(2,3)4/h7-11H,1H2,2-6H3. The Bertz CT molecular complexity index is 594. The van der Waals surface area contributed by atoms with Crippen LogP contribution in [-0.4, -0.2) is 20.7 Å². The van der Waals surface area contributed by atoms with Crippen LogP contribution in [0.2, 0.25) is 18.1 Å². The fourth-order valence-electron chi connectivity index (χ4n) is 2.05. The normalized spacial score (nSPS) is 14.5. The van der Waals surface area contributed by atoms with Gasteiger partial charge in [0.25, 0.3) is 5.60 Å². The van der Waals surface area contributed by atoms with Crippen molar-refractivity contribution in [2.45, 2.75) is 56.9 Å². The molecule has 0 bridgehead atoms. The zero-order valence-electron chi connectivity index (χ0n) is 14.8. The van der Waals surface area contributed by atoms with E-state index >= 15 is 0 Å². The second kappa shape index (κ2) is 6.46. The summed E-state index contributed by atoms with van der Waals surface area (Å²) in [6.45, 7) is 10.9. The minimum atomic E-state index is -5.67. The maximum absolute atomic E-state index is 13.8. The van der Waals surface area contributed by atoms with Gasteiger partial charge in [-0.3, -0.25) is 0 Å². The first-order valence-electron chi connectivity index (χ1n) is 7.56. The molecule has 0 aromatic heterocycles. The van der Waals surface area contributed by atoms with Crippen molar-refractivity contribution in [3.63, 3.8) is 0 Å². The van der Waals surface area contributed by atoms with Crippen LogP contribution in [0, 0.1) is 0 Å². The molecule has 1 nitrogen and oxygen atoms in total. The summed E-state index contributed by atoms with van der Waals surface area (Å²) in [5.74, 6) is 0. The Labute approximate surface area is 144 Å². The fraction of sp³-hybridized carbons (Fsp3) is 0.529. The number of hydrogen-bond acceptors (Lipinski definition) is 1. The summed E-state index contributed by atoms with van der Waals surface area (Å²) in [6, 6.07) is 3.91. The Morgan fingerprint density at radius 3 is 1.56 bits per heavy atom. The molecule has 0 atom stereocenters. The molecule has 1 aromatic rings. The number of rotatable bonds is 4. The first-order valence-corrected chi connectivity index (χ1v) is 10.5. The molecule has 0 saturated carbocycles. The Kier molecular flexibility index (Phi) is 5.62. The van der Waals surface area contributed by atoms with Gasteiger partial charge in [-0.05, 0) is 23.7 Å². The van der Waals surface area contributed by atoms with Gasteiger partial charge in [-0.25, -0.2) is 0 Å². The number of benzene rings is 1. The maximum atomic E-state index is 13.8. The summed E-state index contributed by atoms with van der Waals surface area (Å²) < 4.78 is 87.9. The molecular formula is C17H22F6OSi. The molecular weight excluding hydrogens is 362 g/mol. The predicted molar refractivity (Wildman–Crippen MR) is 88.6 cm³/mol. The molecule has 0 spiro atoms. The van der Waals surface area contributed by atoms with Crippen molar-refractivity contribution in [3.8, 4) is 0 Å². The van der Waals surface area contributed by atoms with Gasteiger partial charge in [0.2, 0.25) is 0 Å². The third kappa shape index (κ3) is 3.94. The van der Waals surface area contributed by atoms with Crippen LogP contribution >= 0.6 is 0 Å². The molecule has 1 rings (SSSR count). The minimum Gasteiger partial charge on any atom is -0.393 e. The second-order valence-electron chi connectivity index (χ2n) is 7.37. The maximum Gasteiger partial charge on any atom is 0.429 e. The van der Waals surface area contributed by atoms with Crippen LogP contribution in [0.1, 0.15) is 31.9 Å². The molecule has 0 fully saturated rings. The first-order chi connectivity index (χ1) is 11.0. The quantitative estimate of drug-likeness (QED) is 0.416. The molecule has 0 amide bonds. The molecule has 0 N–H and O–H groups in total. The number of alkyl halides is 6. The van der Waals surface area contributed by atoms with Gasteiger partial charge in [0, 0.05) is 5.56 Å². The molecule has 1 aromatic carbocycles. The van der Waals surface area contributed by atoms with Crippen LogP contribution in [0.25, 0.3) is 6.08 Å². The molecule has 8 heteroatoms. The van der Waals surface area contributed by atoms with Crippen LogP contribution < -0.4 is 0 Å². The van der Waals surface area contributed by atoms with Gasteiger partial charge in [0.1, 0.15) is 0 Å². The summed E-state index contributed by atoms with van der Waals surface area (Å²) in [6.07, 6.45) is -10.0. The highest BCUT2D eigenvalue weighted by molar-refractivity contribution is 6.74. The molecule has 0 aliphatic rings. The Hall–Kier alpha value is -1.28. The lowest BCUT2D eigenvalue weighted by molar-refractivity contribution is -0.369. The fourth-order valence-corrected chi connectivity index (χ4v) is 3.47. The topological polar surface area (TPSA) is 9.23 Å².